The molecule has 2 aromatic rings. The summed E-state index contributed by atoms with van der Waals surface area (Å²) in [5, 5.41) is 9.01. The zero-order valence-corrected chi connectivity index (χ0v) is 6.65. The van der Waals surface area contributed by atoms with E-state index in [2.05, 4.69) is 9.97 Å². The first kappa shape index (κ1) is 7.07. The normalized spacial score (nSPS) is 10.0. The number of nitriles is 1. The minimum absolute atomic E-state index is 0.453. The molecule has 0 aliphatic rings. The summed E-state index contributed by atoms with van der Waals surface area (Å²) in [6.07, 6.45) is 4.54. The number of fused-ring (bicyclic) bond motifs is 1. The fourth-order valence-electron chi connectivity index (χ4n) is 0.903. The highest BCUT2D eigenvalue weighted by Crippen LogP contribution is 2.10. The molecule has 0 saturated heterocycles. The van der Waals surface area contributed by atoms with E-state index in [-0.39, 0.29) is 0 Å². The van der Waals surface area contributed by atoms with E-state index in [4.69, 9.17) is 16.9 Å². The van der Waals surface area contributed by atoms with Crippen LogP contribution in [0.5, 0.6) is 0 Å². The first-order valence-electron chi connectivity index (χ1n) is 3.20. The minimum Gasteiger partial charge on any atom is -0.273 e. The molecule has 2 rings (SSSR count). The Balaban J connectivity index is 2.82. The Morgan fingerprint density at radius 3 is 2.92 bits per heavy atom. The summed E-state index contributed by atoms with van der Waals surface area (Å²) >= 11 is 5.75. The van der Waals surface area contributed by atoms with Gasteiger partial charge in [-0.25, -0.2) is 9.97 Å². The lowest BCUT2D eigenvalue weighted by Crippen LogP contribution is -1.89. The van der Waals surface area contributed by atoms with E-state index >= 15 is 0 Å². The van der Waals surface area contributed by atoms with Crippen molar-refractivity contribution in [3.63, 3.8) is 0 Å². The molecule has 0 saturated carbocycles. The molecule has 2 heterocycles. The van der Waals surface area contributed by atoms with E-state index in [1.165, 1.54) is 12.4 Å². The summed E-state index contributed by atoms with van der Waals surface area (Å²) in [6.45, 7) is 0. The van der Waals surface area contributed by atoms with Crippen LogP contribution in [0.3, 0.4) is 0 Å². The number of nitrogens with zero attached hydrogens (tertiary/aromatic N) is 4. The van der Waals surface area contributed by atoms with Gasteiger partial charge in [-0.2, -0.15) is 5.26 Å². The summed E-state index contributed by atoms with van der Waals surface area (Å²) in [5.41, 5.74) is 0.461. The van der Waals surface area contributed by atoms with Gasteiger partial charge in [-0.3, -0.25) is 4.40 Å². The predicted molar refractivity (Wildman–Crippen MR) is 42.7 cm³/mol. The third-order valence-electron chi connectivity index (χ3n) is 1.45. The van der Waals surface area contributed by atoms with Gasteiger partial charge in [0.25, 0.3) is 0 Å². The average molecular weight is 179 g/mol. The Morgan fingerprint density at radius 1 is 1.42 bits per heavy atom. The average Bonchev–Trinajstić information content (AvgIpc) is 2.47. The highest BCUT2D eigenvalue weighted by molar-refractivity contribution is 6.29. The Morgan fingerprint density at radius 2 is 2.17 bits per heavy atom. The smallest absolute Gasteiger partial charge is 0.234 e. The molecule has 0 bridgehead atoms. The van der Waals surface area contributed by atoms with Crippen LogP contribution >= 0.6 is 11.6 Å². The van der Waals surface area contributed by atoms with Crippen molar-refractivity contribution in [3.05, 3.63) is 29.3 Å². The van der Waals surface area contributed by atoms with Crippen molar-refractivity contribution in [2.24, 2.45) is 0 Å². The van der Waals surface area contributed by atoms with E-state index in [9.17, 15) is 0 Å². The molecular weight excluding hydrogens is 176 g/mol. The van der Waals surface area contributed by atoms with Gasteiger partial charge in [0.1, 0.15) is 11.2 Å². The number of halogens is 1. The van der Waals surface area contributed by atoms with Crippen LogP contribution in [0.25, 0.3) is 5.78 Å². The van der Waals surface area contributed by atoms with Gasteiger partial charge in [0.05, 0.1) is 18.0 Å². The second-order valence-electron chi connectivity index (χ2n) is 2.21. The summed E-state index contributed by atoms with van der Waals surface area (Å²) in [7, 11) is 0. The Bertz CT molecular complexity index is 468. The minimum atomic E-state index is 0.453. The quantitative estimate of drug-likeness (QED) is 0.610. The van der Waals surface area contributed by atoms with Crippen molar-refractivity contribution < 1.29 is 0 Å². The van der Waals surface area contributed by atoms with Gasteiger partial charge >= 0.3 is 0 Å². The topological polar surface area (TPSA) is 54.0 Å². The van der Waals surface area contributed by atoms with Crippen molar-refractivity contribution in [3.8, 4) is 6.07 Å². The first-order chi connectivity index (χ1) is 5.81. The molecule has 0 unspecified atom stereocenters. The fraction of sp³-hybridized carbons (Fsp3) is 0. The maximum Gasteiger partial charge on any atom is 0.234 e. The zero-order chi connectivity index (χ0) is 8.55. The van der Waals surface area contributed by atoms with Crippen LogP contribution < -0.4 is 0 Å². The van der Waals surface area contributed by atoms with Crippen molar-refractivity contribution >= 4 is 17.4 Å². The van der Waals surface area contributed by atoms with Gasteiger partial charge in [0.2, 0.25) is 5.78 Å². The molecular formula is C7H3ClN4. The summed E-state index contributed by atoms with van der Waals surface area (Å²) in [4.78, 5) is 7.82. The lowest BCUT2D eigenvalue weighted by molar-refractivity contribution is 1.10. The maximum atomic E-state index is 8.56. The van der Waals surface area contributed by atoms with E-state index < -0.39 is 0 Å². The van der Waals surface area contributed by atoms with E-state index in [1.54, 1.807) is 10.6 Å². The molecule has 5 heteroatoms. The van der Waals surface area contributed by atoms with Gasteiger partial charge in [-0.05, 0) is 0 Å². The van der Waals surface area contributed by atoms with Crippen LogP contribution in [0.1, 0.15) is 5.56 Å². The number of aromatic nitrogens is 3. The summed E-state index contributed by atoms with van der Waals surface area (Å²) in [5.74, 6) is 0.499. The lowest BCUT2D eigenvalue weighted by atomic mass is 10.4. The molecule has 2 aromatic heterocycles. The van der Waals surface area contributed by atoms with Crippen molar-refractivity contribution in [1.82, 2.24) is 14.4 Å². The van der Waals surface area contributed by atoms with Crippen LogP contribution in [0.15, 0.2) is 18.6 Å². The van der Waals surface area contributed by atoms with Crippen molar-refractivity contribution in [2.75, 3.05) is 0 Å². The fourth-order valence-corrected chi connectivity index (χ4v) is 1.08. The Labute approximate surface area is 73.0 Å². The van der Waals surface area contributed by atoms with E-state index in [1.807, 2.05) is 6.07 Å². The third kappa shape index (κ3) is 0.917. The first-order valence-corrected chi connectivity index (χ1v) is 3.58. The Kier molecular flexibility index (Phi) is 1.45. The third-order valence-corrected chi connectivity index (χ3v) is 1.73. The van der Waals surface area contributed by atoms with Crippen molar-refractivity contribution in [2.45, 2.75) is 0 Å². The molecule has 4 nitrogen and oxygen atoms in total. The molecule has 0 N–H and O–H groups in total. The van der Waals surface area contributed by atoms with Gasteiger partial charge in [0, 0.05) is 6.20 Å². The molecule has 0 radical (unpaired) electrons. The highest BCUT2D eigenvalue weighted by Gasteiger charge is 2.01. The second kappa shape index (κ2) is 2.47. The van der Waals surface area contributed by atoms with Crippen LogP contribution in [0.4, 0.5) is 0 Å². The summed E-state index contributed by atoms with van der Waals surface area (Å²) in [6, 6.07) is 1.97. The highest BCUT2D eigenvalue weighted by atomic mass is 35.5. The van der Waals surface area contributed by atoms with E-state index in [0.29, 0.717) is 16.5 Å². The molecule has 58 valence electrons. The van der Waals surface area contributed by atoms with Crippen LogP contribution in [0.2, 0.25) is 5.15 Å². The molecule has 0 amide bonds. The van der Waals surface area contributed by atoms with Gasteiger partial charge in [0.15, 0.2) is 0 Å². The number of hydrogen-bond donors (Lipinski definition) is 0. The maximum absolute atomic E-state index is 8.56. The SMILES string of the molecule is N#Cc1cnc2ncc(Cl)n2c1. The summed E-state index contributed by atoms with van der Waals surface area (Å²) < 4.78 is 1.56. The second-order valence-corrected chi connectivity index (χ2v) is 2.59. The molecule has 0 spiro atoms. The molecule has 0 aliphatic heterocycles. The largest absolute Gasteiger partial charge is 0.273 e. The van der Waals surface area contributed by atoms with Crippen LogP contribution in [-0.4, -0.2) is 14.4 Å². The molecule has 0 atom stereocenters. The number of imidazole rings is 1. The monoisotopic (exact) mass is 178 g/mol. The molecule has 0 aromatic carbocycles. The molecule has 0 aliphatic carbocycles. The molecule has 0 fully saturated rings. The van der Waals surface area contributed by atoms with Crippen LogP contribution in [0, 0.1) is 11.3 Å². The Hall–Kier alpha value is -1.60. The molecule has 12 heavy (non-hydrogen) atoms. The predicted octanol–water partition coefficient (Wildman–Crippen LogP) is 1.25. The van der Waals surface area contributed by atoms with Crippen LogP contribution in [-0.2, 0) is 0 Å². The van der Waals surface area contributed by atoms with Gasteiger partial charge in [-0.15, -0.1) is 0 Å². The standard InChI is InChI=1S/C7H3ClN4/c8-6-3-11-7-10-2-5(1-9)4-12(6)7/h2-4H. The lowest BCUT2D eigenvalue weighted by Gasteiger charge is -1.92. The number of rotatable bonds is 0. The van der Waals surface area contributed by atoms with E-state index in [0.717, 1.165) is 0 Å². The number of hydrogen-bond acceptors (Lipinski definition) is 3. The van der Waals surface area contributed by atoms with Gasteiger partial charge < -0.3 is 0 Å². The zero-order valence-electron chi connectivity index (χ0n) is 5.90. The van der Waals surface area contributed by atoms with Gasteiger partial charge in [-0.1, -0.05) is 11.6 Å². The van der Waals surface area contributed by atoms with Crippen molar-refractivity contribution in [1.29, 1.82) is 5.26 Å².